The maximum atomic E-state index is 9.22. The van der Waals surface area contributed by atoms with E-state index >= 15 is 0 Å². The van der Waals surface area contributed by atoms with Gasteiger partial charge in [-0.2, -0.15) is 5.21 Å². The van der Waals surface area contributed by atoms with Crippen LogP contribution in [-0.2, 0) is 0 Å². The quantitative estimate of drug-likeness (QED) is 0.352. The summed E-state index contributed by atoms with van der Waals surface area (Å²) in [5.41, 5.74) is -0.287. The summed E-state index contributed by atoms with van der Waals surface area (Å²) >= 11 is 0. The lowest BCUT2D eigenvalue weighted by Gasteiger charge is -2.34. The van der Waals surface area contributed by atoms with Crippen molar-refractivity contribution in [2.24, 2.45) is 5.84 Å². The molecule has 0 aromatic carbocycles. The molecule has 0 heterocycles. The molecule has 0 aliphatic heterocycles. The van der Waals surface area contributed by atoms with Crippen molar-refractivity contribution < 1.29 is 9.73 Å². The molecule has 0 rings (SSSR count). The number of rotatable bonds is 2. The van der Waals surface area contributed by atoms with Gasteiger partial charge in [0.05, 0.1) is 0 Å². The van der Waals surface area contributed by atoms with E-state index < -0.39 is 4.53 Å². The van der Waals surface area contributed by atoms with Crippen LogP contribution in [0.5, 0.6) is 0 Å². The van der Waals surface area contributed by atoms with Gasteiger partial charge in [-0.25, -0.2) is 0 Å². The van der Waals surface area contributed by atoms with Crippen LogP contribution < -0.4 is 5.84 Å². The Morgan fingerprint density at radius 1 is 1.67 bits per heavy atom. The van der Waals surface area contributed by atoms with Crippen molar-refractivity contribution in [1.82, 2.24) is 0 Å². The minimum Gasteiger partial charge on any atom is -0.195 e. The molecule has 3 nitrogen and oxygen atoms in total. The molecule has 0 radical (unpaired) electrons. The van der Waals surface area contributed by atoms with Gasteiger partial charge in [0.15, 0.2) is 0 Å². The number of hydrogen-bond acceptors (Lipinski definition) is 2. The highest BCUT2D eigenvalue weighted by atomic mass is 31.0. The average Bonchev–Trinajstić information content (AvgIpc) is 1.64. The van der Waals surface area contributed by atoms with E-state index in [1.165, 1.54) is 0 Å². The van der Waals surface area contributed by atoms with Crippen molar-refractivity contribution in [3.8, 4) is 0 Å². The van der Waals surface area contributed by atoms with Crippen LogP contribution in [0.3, 0.4) is 0 Å². The van der Waals surface area contributed by atoms with E-state index in [0.717, 1.165) is 6.42 Å². The van der Waals surface area contributed by atoms with Gasteiger partial charge in [-0.15, -0.1) is 5.84 Å². The van der Waals surface area contributed by atoms with Gasteiger partial charge in [-0.1, -0.05) is 11.4 Å². The molecule has 0 aliphatic rings. The van der Waals surface area contributed by atoms with Crippen LogP contribution in [0.4, 0.5) is 0 Å². The van der Waals surface area contributed by atoms with E-state index in [4.69, 9.17) is 5.84 Å². The number of hydrogen-bond donors (Lipinski definition) is 2. The number of hydroxylamine groups is 1. The van der Waals surface area contributed by atoms with E-state index in [9.17, 15) is 5.21 Å². The maximum absolute atomic E-state index is 9.22. The third-order valence-corrected chi connectivity index (χ3v) is 2.53. The van der Waals surface area contributed by atoms with Gasteiger partial charge in [-0.05, 0) is 13.8 Å². The maximum Gasteiger partial charge on any atom is 0.143 e. The third kappa shape index (κ3) is 2.18. The molecular formula is C5H16N2OP+. The lowest BCUT2D eigenvalue weighted by atomic mass is 10.0. The van der Waals surface area contributed by atoms with Crippen molar-refractivity contribution in [3.05, 3.63) is 0 Å². The van der Waals surface area contributed by atoms with Crippen LogP contribution in [0.25, 0.3) is 0 Å². The number of quaternary nitrogens is 1. The molecule has 3 N–H and O–H groups in total. The second kappa shape index (κ2) is 2.51. The lowest BCUT2D eigenvalue weighted by molar-refractivity contribution is -1.05. The monoisotopic (exact) mass is 151 g/mol. The summed E-state index contributed by atoms with van der Waals surface area (Å²) in [5, 5.41) is 9.22. The number of nitrogens with zero attached hydrogens (tertiary/aromatic N) is 1. The molecule has 2 unspecified atom stereocenters. The molecule has 0 aromatic heterocycles. The molecule has 0 saturated carbocycles. The summed E-state index contributed by atoms with van der Waals surface area (Å²) < 4.78 is -0.538. The summed E-state index contributed by atoms with van der Waals surface area (Å²) in [5.74, 6) is 5.38. The first-order valence-corrected chi connectivity index (χ1v) is 3.52. The zero-order valence-corrected chi connectivity index (χ0v) is 7.41. The molecule has 0 aliphatic carbocycles. The predicted molar refractivity (Wildman–Crippen MR) is 40.3 cm³/mol. The average molecular weight is 151 g/mol. The van der Waals surface area contributed by atoms with Crippen LogP contribution in [0.2, 0.25) is 0 Å². The molecule has 0 fully saturated rings. The van der Waals surface area contributed by atoms with Gasteiger partial charge in [0.25, 0.3) is 0 Å². The summed E-state index contributed by atoms with van der Waals surface area (Å²) in [7, 11) is 2.18. The fraction of sp³-hybridized carbons (Fsp3) is 1.00. The van der Waals surface area contributed by atoms with Crippen LogP contribution >= 0.6 is 9.39 Å². The van der Waals surface area contributed by atoms with Crippen LogP contribution in [0.15, 0.2) is 0 Å². The van der Waals surface area contributed by atoms with Crippen LogP contribution in [-0.4, -0.2) is 15.3 Å². The first kappa shape index (κ1) is 9.31. The highest BCUT2D eigenvalue weighted by Crippen LogP contribution is 2.24. The Hall–Kier alpha value is 0.310. The summed E-state index contributed by atoms with van der Waals surface area (Å²) in [4.78, 5) is 0. The minimum atomic E-state index is -0.538. The van der Waals surface area contributed by atoms with Crippen molar-refractivity contribution >= 4 is 9.39 Å². The van der Waals surface area contributed by atoms with Gasteiger partial charge in [0.1, 0.15) is 14.9 Å². The molecule has 2 atom stereocenters. The Balaban J connectivity index is 4.14. The summed E-state index contributed by atoms with van der Waals surface area (Å²) in [6, 6.07) is 0. The zero-order chi connectivity index (χ0) is 7.71. The van der Waals surface area contributed by atoms with Gasteiger partial charge >= 0.3 is 0 Å². The van der Waals surface area contributed by atoms with Crippen molar-refractivity contribution in [1.29, 1.82) is 0 Å². The molecule has 0 bridgehead atoms. The van der Waals surface area contributed by atoms with Crippen LogP contribution in [0, 0.1) is 0 Å². The van der Waals surface area contributed by atoms with Crippen molar-refractivity contribution in [2.75, 3.05) is 0 Å². The smallest absolute Gasteiger partial charge is 0.143 e. The fourth-order valence-electron chi connectivity index (χ4n) is 0.253. The summed E-state index contributed by atoms with van der Waals surface area (Å²) in [6.07, 6.45) is 0.837. The van der Waals surface area contributed by atoms with Crippen molar-refractivity contribution in [3.63, 3.8) is 0 Å². The van der Waals surface area contributed by atoms with E-state index in [2.05, 4.69) is 9.39 Å². The van der Waals surface area contributed by atoms with E-state index in [1.54, 1.807) is 0 Å². The normalized spacial score (nSPS) is 19.3. The van der Waals surface area contributed by atoms with E-state index in [-0.39, 0.29) is 5.54 Å². The largest absolute Gasteiger partial charge is 0.195 e. The molecule has 0 spiro atoms. The Morgan fingerprint density at radius 3 is 2.00 bits per heavy atom. The van der Waals surface area contributed by atoms with E-state index in [0.29, 0.717) is 0 Å². The third-order valence-electron chi connectivity index (χ3n) is 1.83. The molecular weight excluding hydrogens is 135 g/mol. The van der Waals surface area contributed by atoms with Gasteiger partial charge in [0, 0.05) is 6.42 Å². The lowest BCUT2D eigenvalue weighted by Crippen LogP contribution is -2.56. The zero-order valence-electron chi connectivity index (χ0n) is 6.26. The highest BCUT2D eigenvalue weighted by Gasteiger charge is 2.35. The molecule has 0 amide bonds. The first-order valence-electron chi connectivity index (χ1n) is 3.00. The Bertz CT molecular complexity index is 97.6. The summed E-state index contributed by atoms with van der Waals surface area (Å²) in [6.45, 7) is 5.79. The second-order valence-electron chi connectivity index (χ2n) is 2.90. The Labute approximate surface area is 58.6 Å². The van der Waals surface area contributed by atoms with E-state index in [1.807, 2.05) is 20.8 Å². The molecule has 4 heteroatoms. The first-order chi connectivity index (χ1) is 3.81. The van der Waals surface area contributed by atoms with Gasteiger partial charge in [-0.3, -0.25) is 0 Å². The molecule has 56 valence electrons. The SMILES string of the molecule is CCC(C)(C)[N+](N)(O)P. The Kier molecular flexibility index (Phi) is 2.59. The molecule has 0 saturated heterocycles. The Morgan fingerprint density at radius 2 is 2.00 bits per heavy atom. The minimum absolute atomic E-state index is 0.287. The van der Waals surface area contributed by atoms with Gasteiger partial charge < -0.3 is 0 Å². The number of nitrogens with two attached hydrogens (primary N) is 1. The second-order valence-corrected chi connectivity index (χ2v) is 3.69. The van der Waals surface area contributed by atoms with Gasteiger partial charge in [0.2, 0.25) is 0 Å². The van der Waals surface area contributed by atoms with Crippen LogP contribution in [0.1, 0.15) is 27.2 Å². The topological polar surface area (TPSA) is 46.2 Å². The molecule has 9 heavy (non-hydrogen) atoms. The fourth-order valence-corrected chi connectivity index (χ4v) is 0.436. The van der Waals surface area contributed by atoms with Crippen molar-refractivity contribution in [2.45, 2.75) is 32.7 Å². The molecule has 0 aromatic rings. The standard InChI is InChI=1S/C5H16N2OP/c1-4-5(2,3)7(6,8)9/h8H,4,6,9H2,1-3H3/q+1. The highest BCUT2D eigenvalue weighted by molar-refractivity contribution is 7.08. The predicted octanol–water partition coefficient (Wildman–Crippen LogP) is 1.04.